The number of alkyl halides is 1. The van der Waals surface area contributed by atoms with Gasteiger partial charge in [0.05, 0.1) is 0 Å². The molecule has 0 heterocycles. The number of hydrogen-bond acceptors (Lipinski definition) is 1. The van der Waals surface area contributed by atoms with Crippen LogP contribution in [-0.4, -0.2) is 17.0 Å². The predicted octanol–water partition coefficient (Wildman–Crippen LogP) is 1.95. The quantitative estimate of drug-likeness (QED) is 0.544. The van der Waals surface area contributed by atoms with E-state index >= 15 is 0 Å². The molecule has 0 bridgehead atoms. The van der Waals surface area contributed by atoms with E-state index in [9.17, 15) is 0 Å². The van der Waals surface area contributed by atoms with E-state index in [2.05, 4.69) is 35.0 Å². The highest BCUT2D eigenvalue weighted by molar-refractivity contribution is 14.1. The lowest BCUT2D eigenvalue weighted by Crippen LogP contribution is -2.30. The van der Waals surface area contributed by atoms with Gasteiger partial charge in [-0.3, -0.25) is 0 Å². The van der Waals surface area contributed by atoms with Crippen molar-refractivity contribution in [3.05, 3.63) is 0 Å². The van der Waals surface area contributed by atoms with Gasteiger partial charge in [0, 0.05) is 9.97 Å². The van der Waals surface area contributed by atoms with E-state index in [1.807, 2.05) is 0 Å². The lowest BCUT2D eigenvalue weighted by atomic mass is 9.96. The van der Waals surface area contributed by atoms with Gasteiger partial charge in [0.2, 0.25) is 0 Å². The highest BCUT2D eigenvalue weighted by Crippen LogP contribution is 2.24. The zero-order chi connectivity index (χ0) is 6.69. The van der Waals surface area contributed by atoms with Crippen LogP contribution in [0.2, 0.25) is 0 Å². The molecule has 0 aromatic carbocycles. The molecule has 0 spiro atoms. The Labute approximate surface area is 70.7 Å². The first-order chi connectivity index (χ1) is 4.33. The average molecular weight is 239 g/mol. The molecule has 0 aromatic rings. The first-order valence-electron chi connectivity index (χ1n) is 3.64. The molecule has 1 aliphatic carbocycles. The van der Waals surface area contributed by atoms with Crippen molar-refractivity contribution in [2.45, 2.75) is 35.6 Å². The van der Waals surface area contributed by atoms with E-state index in [1.54, 1.807) is 0 Å². The van der Waals surface area contributed by atoms with Gasteiger partial charge < -0.3 is 5.32 Å². The maximum atomic E-state index is 3.32. The zero-order valence-electron chi connectivity index (χ0n) is 5.86. The Balaban J connectivity index is 2.18. The summed E-state index contributed by atoms with van der Waals surface area (Å²) in [6, 6.07) is 0.816. The van der Waals surface area contributed by atoms with Crippen LogP contribution in [0.3, 0.4) is 0 Å². The van der Waals surface area contributed by atoms with Gasteiger partial charge in [0.25, 0.3) is 0 Å². The summed E-state index contributed by atoms with van der Waals surface area (Å²) < 4.78 is 0.951. The van der Waals surface area contributed by atoms with Crippen molar-refractivity contribution >= 4 is 22.6 Å². The van der Waals surface area contributed by atoms with E-state index in [0.29, 0.717) is 0 Å². The fourth-order valence-corrected chi connectivity index (χ4v) is 2.06. The molecule has 1 aliphatic rings. The molecule has 0 aromatic heterocycles. The van der Waals surface area contributed by atoms with Crippen molar-refractivity contribution in [3.8, 4) is 0 Å². The molecule has 1 fully saturated rings. The second-order valence-electron chi connectivity index (χ2n) is 2.74. The van der Waals surface area contributed by atoms with Crippen LogP contribution in [0.5, 0.6) is 0 Å². The summed E-state index contributed by atoms with van der Waals surface area (Å²) in [5.74, 6) is 0. The van der Waals surface area contributed by atoms with Gasteiger partial charge in [-0.1, -0.05) is 22.6 Å². The van der Waals surface area contributed by atoms with Gasteiger partial charge in [0.1, 0.15) is 0 Å². The fraction of sp³-hybridized carbons (Fsp3) is 1.00. The van der Waals surface area contributed by atoms with E-state index in [1.165, 1.54) is 25.7 Å². The Hall–Kier alpha value is 0.690. The molecule has 0 atom stereocenters. The van der Waals surface area contributed by atoms with Crippen LogP contribution in [0, 0.1) is 0 Å². The molecule has 54 valence electrons. The Morgan fingerprint density at radius 3 is 2.22 bits per heavy atom. The Bertz CT molecular complexity index is 77.0. The molecule has 1 N–H and O–H groups in total. The SMILES string of the molecule is CN[C@H]1CC[C@H](I)CC1. The van der Waals surface area contributed by atoms with Crippen molar-refractivity contribution in [1.29, 1.82) is 0 Å². The number of hydrogen-bond donors (Lipinski definition) is 1. The van der Waals surface area contributed by atoms with E-state index in [-0.39, 0.29) is 0 Å². The van der Waals surface area contributed by atoms with Gasteiger partial charge in [-0.15, -0.1) is 0 Å². The largest absolute Gasteiger partial charge is 0.317 e. The van der Waals surface area contributed by atoms with Crippen LogP contribution >= 0.6 is 22.6 Å². The number of nitrogens with one attached hydrogen (secondary N) is 1. The smallest absolute Gasteiger partial charge is 0.0111 e. The highest BCUT2D eigenvalue weighted by Gasteiger charge is 2.16. The molecule has 0 unspecified atom stereocenters. The summed E-state index contributed by atoms with van der Waals surface area (Å²) in [6.45, 7) is 0. The van der Waals surface area contributed by atoms with E-state index in [0.717, 1.165) is 9.97 Å². The second-order valence-corrected chi connectivity index (χ2v) is 4.50. The fourth-order valence-electron chi connectivity index (χ4n) is 1.34. The molecule has 1 saturated carbocycles. The maximum absolute atomic E-state index is 3.32. The van der Waals surface area contributed by atoms with Crippen molar-refractivity contribution < 1.29 is 0 Å². The number of rotatable bonds is 1. The van der Waals surface area contributed by atoms with Crippen molar-refractivity contribution in [2.75, 3.05) is 7.05 Å². The molecule has 0 saturated heterocycles. The summed E-state index contributed by atoms with van der Waals surface area (Å²) in [5, 5.41) is 3.32. The molecule has 0 aliphatic heterocycles. The highest BCUT2D eigenvalue weighted by atomic mass is 127. The minimum atomic E-state index is 0.816. The Morgan fingerprint density at radius 1 is 1.22 bits per heavy atom. The van der Waals surface area contributed by atoms with Crippen molar-refractivity contribution in [2.24, 2.45) is 0 Å². The monoisotopic (exact) mass is 239 g/mol. The molecule has 1 nitrogen and oxygen atoms in total. The minimum absolute atomic E-state index is 0.816. The zero-order valence-corrected chi connectivity index (χ0v) is 8.02. The molecule has 2 heteroatoms. The summed E-state index contributed by atoms with van der Waals surface area (Å²) in [5.41, 5.74) is 0. The lowest BCUT2D eigenvalue weighted by molar-refractivity contribution is 0.408. The maximum Gasteiger partial charge on any atom is 0.0111 e. The van der Waals surface area contributed by atoms with Crippen LogP contribution in [0.15, 0.2) is 0 Å². The van der Waals surface area contributed by atoms with Gasteiger partial charge in [-0.2, -0.15) is 0 Å². The van der Waals surface area contributed by atoms with Crippen LogP contribution in [0.25, 0.3) is 0 Å². The average Bonchev–Trinajstić information content (AvgIpc) is 1.90. The molecule has 0 radical (unpaired) electrons. The Morgan fingerprint density at radius 2 is 1.78 bits per heavy atom. The van der Waals surface area contributed by atoms with Gasteiger partial charge >= 0.3 is 0 Å². The normalized spacial score (nSPS) is 36.7. The summed E-state index contributed by atoms with van der Waals surface area (Å²) in [7, 11) is 2.07. The molecular formula is C7H14IN. The minimum Gasteiger partial charge on any atom is -0.317 e. The molecule has 9 heavy (non-hydrogen) atoms. The summed E-state index contributed by atoms with van der Waals surface area (Å²) >= 11 is 2.56. The predicted molar refractivity (Wildman–Crippen MR) is 49.1 cm³/mol. The van der Waals surface area contributed by atoms with Crippen LogP contribution in [0.4, 0.5) is 0 Å². The standard InChI is InChI=1S/C7H14IN/c1-9-7-4-2-6(8)3-5-7/h6-7,9H,2-5H2,1H3/t6-,7-. The third kappa shape index (κ3) is 2.42. The van der Waals surface area contributed by atoms with Crippen LogP contribution < -0.4 is 5.32 Å². The topological polar surface area (TPSA) is 12.0 Å². The second kappa shape index (κ2) is 3.76. The van der Waals surface area contributed by atoms with Crippen molar-refractivity contribution in [3.63, 3.8) is 0 Å². The molecule has 1 rings (SSSR count). The van der Waals surface area contributed by atoms with E-state index in [4.69, 9.17) is 0 Å². The van der Waals surface area contributed by atoms with Gasteiger partial charge in [0.15, 0.2) is 0 Å². The van der Waals surface area contributed by atoms with Crippen LogP contribution in [-0.2, 0) is 0 Å². The van der Waals surface area contributed by atoms with Gasteiger partial charge in [-0.25, -0.2) is 0 Å². The lowest BCUT2D eigenvalue weighted by Gasteiger charge is -2.24. The first-order valence-corrected chi connectivity index (χ1v) is 4.89. The summed E-state index contributed by atoms with van der Waals surface area (Å²) in [6.07, 6.45) is 5.58. The first kappa shape index (κ1) is 7.79. The third-order valence-corrected chi connectivity index (χ3v) is 3.31. The third-order valence-electron chi connectivity index (χ3n) is 2.06. The van der Waals surface area contributed by atoms with Crippen LogP contribution in [0.1, 0.15) is 25.7 Å². The van der Waals surface area contributed by atoms with E-state index < -0.39 is 0 Å². The number of halogens is 1. The van der Waals surface area contributed by atoms with Gasteiger partial charge in [-0.05, 0) is 32.7 Å². The summed E-state index contributed by atoms with van der Waals surface area (Å²) in [4.78, 5) is 0. The Kier molecular flexibility index (Phi) is 3.26. The molecule has 0 amide bonds. The molecular weight excluding hydrogens is 225 g/mol. The van der Waals surface area contributed by atoms with Crippen molar-refractivity contribution in [1.82, 2.24) is 5.32 Å².